The van der Waals surface area contributed by atoms with Gasteiger partial charge in [0, 0.05) is 11.4 Å². The fourth-order valence-electron chi connectivity index (χ4n) is 2.34. The monoisotopic (exact) mass is 189 g/mol. The molecule has 0 N–H and O–H groups in total. The van der Waals surface area contributed by atoms with E-state index in [4.69, 9.17) is 4.98 Å². The molecule has 0 aliphatic heterocycles. The molecule has 0 saturated heterocycles. The van der Waals surface area contributed by atoms with E-state index < -0.39 is 0 Å². The molecule has 2 rings (SSSR count). The Hall–Kier alpha value is -0.850. The number of hydrogen-bond acceptors (Lipinski definition) is 1. The molecule has 0 unspecified atom stereocenters. The zero-order valence-electron chi connectivity index (χ0n) is 9.27. The van der Waals surface area contributed by atoms with Gasteiger partial charge < -0.3 is 0 Å². The third kappa shape index (κ3) is 1.68. The smallest absolute Gasteiger partial charge is 0.0439 e. The maximum atomic E-state index is 4.80. The van der Waals surface area contributed by atoms with E-state index >= 15 is 0 Å². The van der Waals surface area contributed by atoms with E-state index in [9.17, 15) is 0 Å². The summed E-state index contributed by atoms with van der Waals surface area (Å²) in [6.45, 7) is 4.43. The van der Waals surface area contributed by atoms with Crippen LogP contribution in [0.2, 0.25) is 0 Å². The number of aromatic nitrogens is 1. The van der Waals surface area contributed by atoms with E-state index in [1.54, 1.807) is 0 Å². The molecule has 0 amide bonds. The van der Waals surface area contributed by atoms with Gasteiger partial charge in [-0.3, -0.25) is 4.98 Å². The van der Waals surface area contributed by atoms with Crippen LogP contribution in [0.4, 0.5) is 0 Å². The summed E-state index contributed by atoms with van der Waals surface area (Å²) < 4.78 is 0. The first kappa shape index (κ1) is 9.70. The summed E-state index contributed by atoms with van der Waals surface area (Å²) in [6.07, 6.45) is 7.34. The van der Waals surface area contributed by atoms with Crippen molar-refractivity contribution in [1.82, 2.24) is 4.98 Å². The largest absolute Gasteiger partial charge is 0.257 e. The van der Waals surface area contributed by atoms with Gasteiger partial charge >= 0.3 is 0 Å². The van der Waals surface area contributed by atoms with Crippen molar-refractivity contribution >= 4 is 0 Å². The van der Waals surface area contributed by atoms with Gasteiger partial charge in [0.15, 0.2) is 0 Å². The van der Waals surface area contributed by atoms with Crippen molar-refractivity contribution in [3.63, 3.8) is 0 Å². The minimum Gasteiger partial charge on any atom is -0.257 e. The number of aryl methyl sites for hydroxylation is 4. The van der Waals surface area contributed by atoms with Crippen molar-refractivity contribution < 1.29 is 0 Å². The summed E-state index contributed by atoms with van der Waals surface area (Å²) >= 11 is 0. The third-order valence-electron chi connectivity index (χ3n) is 3.19. The van der Waals surface area contributed by atoms with Crippen LogP contribution in [0.3, 0.4) is 0 Å². The lowest BCUT2D eigenvalue weighted by atomic mass is 9.93. The number of nitrogens with zero attached hydrogens (tertiary/aromatic N) is 1. The van der Waals surface area contributed by atoms with Crippen molar-refractivity contribution in [2.75, 3.05) is 0 Å². The first-order valence-corrected chi connectivity index (χ1v) is 5.85. The summed E-state index contributed by atoms with van der Waals surface area (Å²) in [4.78, 5) is 4.80. The molecule has 1 aliphatic carbocycles. The molecule has 14 heavy (non-hydrogen) atoms. The maximum absolute atomic E-state index is 4.80. The lowest BCUT2D eigenvalue weighted by molar-refractivity contribution is 0.660. The van der Waals surface area contributed by atoms with Crippen LogP contribution >= 0.6 is 0 Å². The number of pyridine rings is 1. The predicted molar refractivity (Wildman–Crippen MR) is 59.6 cm³/mol. The molecule has 0 atom stereocenters. The molecule has 76 valence electrons. The number of fused-ring (bicyclic) bond motifs is 1. The number of rotatable bonds is 2. The molecular formula is C13H19N. The average Bonchev–Trinajstić information content (AvgIpc) is 2.27. The fourth-order valence-corrected chi connectivity index (χ4v) is 2.34. The predicted octanol–water partition coefficient (Wildman–Crippen LogP) is 3.09. The first-order valence-electron chi connectivity index (χ1n) is 5.85. The second-order valence-corrected chi connectivity index (χ2v) is 4.11. The molecule has 0 bridgehead atoms. The molecule has 1 aliphatic rings. The highest BCUT2D eigenvalue weighted by atomic mass is 14.7. The molecule has 1 heteroatoms. The van der Waals surface area contributed by atoms with E-state index in [0.717, 1.165) is 12.8 Å². The Morgan fingerprint density at radius 3 is 2.64 bits per heavy atom. The molecular weight excluding hydrogens is 170 g/mol. The Morgan fingerprint density at radius 2 is 1.93 bits per heavy atom. The molecule has 1 aromatic rings. The highest BCUT2D eigenvalue weighted by molar-refractivity contribution is 5.32. The Balaban J connectivity index is 2.43. The number of hydrogen-bond donors (Lipinski definition) is 0. The van der Waals surface area contributed by atoms with Gasteiger partial charge in [0.25, 0.3) is 0 Å². The second-order valence-electron chi connectivity index (χ2n) is 4.11. The Kier molecular flexibility index (Phi) is 2.85. The van der Waals surface area contributed by atoms with Gasteiger partial charge in [-0.25, -0.2) is 0 Å². The van der Waals surface area contributed by atoms with Crippen LogP contribution in [0.15, 0.2) is 6.07 Å². The van der Waals surface area contributed by atoms with Gasteiger partial charge in [0.05, 0.1) is 0 Å². The van der Waals surface area contributed by atoms with Crippen molar-refractivity contribution in [1.29, 1.82) is 0 Å². The normalized spacial score (nSPS) is 15.3. The highest BCUT2D eigenvalue weighted by Gasteiger charge is 2.13. The van der Waals surface area contributed by atoms with Gasteiger partial charge in [0.1, 0.15) is 0 Å². The Morgan fingerprint density at radius 1 is 1.14 bits per heavy atom. The average molecular weight is 189 g/mol. The van der Waals surface area contributed by atoms with Crippen LogP contribution in [0.5, 0.6) is 0 Å². The van der Waals surface area contributed by atoms with Gasteiger partial charge in [0.2, 0.25) is 0 Å². The molecule has 1 aromatic heterocycles. The minimum atomic E-state index is 1.08. The van der Waals surface area contributed by atoms with Gasteiger partial charge in [-0.05, 0) is 49.7 Å². The van der Waals surface area contributed by atoms with E-state index in [1.165, 1.54) is 48.2 Å². The summed E-state index contributed by atoms with van der Waals surface area (Å²) in [5.74, 6) is 0. The summed E-state index contributed by atoms with van der Waals surface area (Å²) in [5.41, 5.74) is 5.69. The molecule has 1 nitrogen and oxygen atoms in total. The van der Waals surface area contributed by atoms with Crippen LogP contribution in [0.1, 0.15) is 49.2 Å². The zero-order chi connectivity index (χ0) is 9.97. The second kappa shape index (κ2) is 4.12. The standard InChI is InChI=1S/C13H19N/c1-3-10-9-11-7-5-6-8-13(11)14-12(10)4-2/h9H,3-8H2,1-2H3. The first-order chi connectivity index (χ1) is 6.85. The van der Waals surface area contributed by atoms with Crippen LogP contribution in [-0.2, 0) is 25.7 Å². The van der Waals surface area contributed by atoms with E-state index in [1.807, 2.05) is 0 Å². The fraction of sp³-hybridized carbons (Fsp3) is 0.615. The Bertz CT molecular complexity index is 284. The van der Waals surface area contributed by atoms with Gasteiger partial charge in [-0.2, -0.15) is 0 Å². The molecule has 1 heterocycles. The van der Waals surface area contributed by atoms with E-state index in [0.29, 0.717) is 0 Å². The van der Waals surface area contributed by atoms with Gasteiger partial charge in [-0.15, -0.1) is 0 Å². The Labute approximate surface area is 86.6 Å². The zero-order valence-corrected chi connectivity index (χ0v) is 9.27. The minimum absolute atomic E-state index is 1.08. The quantitative estimate of drug-likeness (QED) is 0.696. The topological polar surface area (TPSA) is 12.9 Å². The SMILES string of the molecule is CCc1cc2c(nc1CC)CCCC2. The van der Waals surface area contributed by atoms with Crippen LogP contribution in [-0.4, -0.2) is 4.98 Å². The molecule has 0 aromatic carbocycles. The third-order valence-corrected chi connectivity index (χ3v) is 3.19. The maximum Gasteiger partial charge on any atom is 0.0439 e. The molecule has 0 fully saturated rings. The van der Waals surface area contributed by atoms with Crippen LogP contribution in [0, 0.1) is 0 Å². The van der Waals surface area contributed by atoms with E-state index in [-0.39, 0.29) is 0 Å². The van der Waals surface area contributed by atoms with Crippen molar-refractivity contribution in [2.45, 2.75) is 52.4 Å². The van der Waals surface area contributed by atoms with Crippen LogP contribution < -0.4 is 0 Å². The highest BCUT2D eigenvalue weighted by Crippen LogP contribution is 2.22. The lowest BCUT2D eigenvalue weighted by Crippen LogP contribution is -2.09. The van der Waals surface area contributed by atoms with Crippen molar-refractivity contribution in [2.24, 2.45) is 0 Å². The summed E-state index contributed by atoms with van der Waals surface area (Å²) in [5, 5.41) is 0. The van der Waals surface area contributed by atoms with E-state index in [2.05, 4.69) is 19.9 Å². The van der Waals surface area contributed by atoms with Crippen molar-refractivity contribution in [3.8, 4) is 0 Å². The molecule has 0 saturated carbocycles. The van der Waals surface area contributed by atoms with Crippen LogP contribution in [0.25, 0.3) is 0 Å². The van der Waals surface area contributed by atoms with Gasteiger partial charge in [-0.1, -0.05) is 19.9 Å². The molecule has 0 radical (unpaired) electrons. The lowest BCUT2D eigenvalue weighted by Gasteiger charge is -2.17. The summed E-state index contributed by atoms with van der Waals surface area (Å²) in [7, 11) is 0. The molecule has 0 spiro atoms. The van der Waals surface area contributed by atoms with Crippen molar-refractivity contribution in [3.05, 3.63) is 28.6 Å². The summed E-state index contributed by atoms with van der Waals surface area (Å²) in [6, 6.07) is 2.40.